The molecule has 1 atom stereocenters. The highest BCUT2D eigenvalue weighted by Gasteiger charge is 2.28. The minimum Gasteiger partial charge on any atom is -0.496 e. The van der Waals surface area contributed by atoms with Gasteiger partial charge in [-0.25, -0.2) is 4.98 Å². The van der Waals surface area contributed by atoms with E-state index in [1.54, 1.807) is 13.3 Å². The van der Waals surface area contributed by atoms with E-state index in [2.05, 4.69) is 37.1 Å². The lowest BCUT2D eigenvalue weighted by Crippen LogP contribution is -2.32. The van der Waals surface area contributed by atoms with Crippen LogP contribution in [0.15, 0.2) is 34.9 Å². The van der Waals surface area contributed by atoms with Crippen molar-refractivity contribution in [2.24, 2.45) is 5.41 Å². The van der Waals surface area contributed by atoms with Crippen molar-refractivity contribution in [1.29, 1.82) is 0 Å². The summed E-state index contributed by atoms with van der Waals surface area (Å²) in [5.41, 5.74) is 1.19. The number of methoxy groups -OCH3 is 1. The van der Waals surface area contributed by atoms with Crippen molar-refractivity contribution >= 4 is 0 Å². The summed E-state index contributed by atoms with van der Waals surface area (Å²) >= 11 is 0. The van der Waals surface area contributed by atoms with Gasteiger partial charge in [0.15, 0.2) is 0 Å². The van der Waals surface area contributed by atoms with Crippen LogP contribution < -0.4 is 10.1 Å². The monoisotopic (exact) mass is 288 g/mol. The van der Waals surface area contributed by atoms with Crippen LogP contribution in [0.2, 0.25) is 0 Å². The summed E-state index contributed by atoms with van der Waals surface area (Å²) in [7, 11) is 1.70. The van der Waals surface area contributed by atoms with Gasteiger partial charge in [0.25, 0.3) is 0 Å². The van der Waals surface area contributed by atoms with Crippen molar-refractivity contribution in [3.05, 3.63) is 47.7 Å². The molecule has 21 heavy (non-hydrogen) atoms. The molecule has 1 unspecified atom stereocenters. The van der Waals surface area contributed by atoms with Crippen LogP contribution in [0.25, 0.3) is 0 Å². The minimum atomic E-state index is 0.0380. The van der Waals surface area contributed by atoms with Gasteiger partial charge >= 0.3 is 0 Å². The zero-order valence-electron chi connectivity index (χ0n) is 13.4. The average molecular weight is 288 g/mol. The van der Waals surface area contributed by atoms with Crippen LogP contribution in [0.5, 0.6) is 5.75 Å². The Kier molecular flexibility index (Phi) is 4.68. The molecule has 0 fully saturated rings. The molecule has 4 nitrogen and oxygen atoms in total. The Bertz CT molecular complexity index is 584. The molecule has 1 heterocycles. The van der Waals surface area contributed by atoms with Crippen LogP contribution in [0.1, 0.15) is 44.0 Å². The molecule has 0 saturated heterocycles. The molecule has 0 amide bonds. The number of nitrogens with zero attached hydrogens (tertiary/aromatic N) is 1. The molecular weight excluding hydrogens is 264 g/mol. The molecule has 0 aliphatic rings. The van der Waals surface area contributed by atoms with Gasteiger partial charge in [0.1, 0.15) is 11.5 Å². The van der Waals surface area contributed by atoms with E-state index in [0.29, 0.717) is 12.4 Å². The summed E-state index contributed by atoms with van der Waals surface area (Å²) in [6.07, 6.45) is 1.74. The van der Waals surface area contributed by atoms with Gasteiger partial charge < -0.3 is 14.5 Å². The lowest BCUT2D eigenvalue weighted by Gasteiger charge is -2.32. The van der Waals surface area contributed by atoms with Gasteiger partial charge in [-0.15, -0.1) is 0 Å². The van der Waals surface area contributed by atoms with Crippen LogP contribution >= 0.6 is 0 Å². The second kappa shape index (κ2) is 6.31. The molecule has 0 spiro atoms. The fourth-order valence-electron chi connectivity index (χ4n) is 2.46. The second-order valence-electron chi connectivity index (χ2n) is 6.29. The first-order chi connectivity index (χ1) is 9.91. The van der Waals surface area contributed by atoms with E-state index in [9.17, 15) is 0 Å². The number of aryl methyl sites for hydroxylation is 1. The Hall–Kier alpha value is -1.81. The molecule has 0 bridgehead atoms. The topological polar surface area (TPSA) is 47.3 Å². The molecule has 4 heteroatoms. The lowest BCUT2D eigenvalue weighted by atomic mass is 9.82. The van der Waals surface area contributed by atoms with E-state index in [1.165, 1.54) is 0 Å². The number of aromatic nitrogens is 1. The maximum absolute atomic E-state index is 5.53. The molecular formula is C17H24N2O2. The number of hydrogen-bond donors (Lipinski definition) is 1. The lowest BCUT2D eigenvalue weighted by molar-refractivity contribution is 0.255. The van der Waals surface area contributed by atoms with Gasteiger partial charge in [-0.1, -0.05) is 39.0 Å². The first-order valence-corrected chi connectivity index (χ1v) is 7.19. The van der Waals surface area contributed by atoms with E-state index in [4.69, 9.17) is 9.15 Å². The largest absolute Gasteiger partial charge is 0.496 e. The highest BCUT2D eigenvalue weighted by Crippen LogP contribution is 2.37. The van der Waals surface area contributed by atoms with Crippen molar-refractivity contribution in [3.63, 3.8) is 0 Å². The van der Waals surface area contributed by atoms with Gasteiger partial charge in [0.2, 0.25) is 5.89 Å². The van der Waals surface area contributed by atoms with Crippen LogP contribution in [0.3, 0.4) is 0 Å². The Morgan fingerprint density at radius 1 is 1.29 bits per heavy atom. The van der Waals surface area contributed by atoms with Crippen molar-refractivity contribution < 1.29 is 9.15 Å². The normalized spacial score (nSPS) is 13.2. The van der Waals surface area contributed by atoms with E-state index >= 15 is 0 Å². The van der Waals surface area contributed by atoms with Gasteiger partial charge in [0.05, 0.1) is 19.9 Å². The standard InChI is InChI=1S/C17H24N2O2/c1-12-10-18-15(21-12)11-19-16(17(2,3)4)13-8-6-7-9-14(13)20-5/h6-10,16,19H,11H2,1-5H3. The Morgan fingerprint density at radius 3 is 2.57 bits per heavy atom. The number of ether oxygens (including phenoxy) is 1. The SMILES string of the molecule is COc1ccccc1C(NCc1ncc(C)o1)C(C)(C)C. The van der Waals surface area contributed by atoms with Crippen LogP contribution in [-0.4, -0.2) is 12.1 Å². The Balaban J connectivity index is 2.22. The Labute approximate surface area is 126 Å². The first-order valence-electron chi connectivity index (χ1n) is 7.19. The zero-order valence-corrected chi connectivity index (χ0v) is 13.4. The number of oxazole rings is 1. The number of nitrogens with one attached hydrogen (secondary N) is 1. The predicted octanol–water partition coefficient (Wildman–Crippen LogP) is 3.87. The molecule has 1 aromatic carbocycles. The fraction of sp³-hybridized carbons (Fsp3) is 0.471. The highest BCUT2D eigenvalue weighted by molar-refractivity contribution is 5.36. The summed E-state index contributed by atoms with van der Waals surface area (Å²) in [5.74, 6) is 2.43. The van der Waals surface area contributed by atoms with E-state index in [-0.39, 0.29) is 11.5 Å². The maximum atomic E-state index is 5.53. The van der Waals surface area contributed by atoms with Gasteiger partial charge in [-0.2, -0.15) is 0 Å². The summed E-state index contributed by atoms with van der Waals surface area (Å²) < 4.78 is 11.0. The molecule has 1 N–H and O–H groups in total. The molecule has 2 rings (SSSR count). The predicted molar refractivity (Wildman–Crippen MR) is 83.3 cm³/mol. The van der Waals surface area contributed by atoms with Gasteiger partial charge in [-0.05, 0) is 18.4 Å². The molecule has 0 aliphatic carbocycles. The smallest absolute Gasteiger partial charge is 0.208 e. The van der Waals surface area contributed by atoms with Crippen molar-refractivity contribution in [1.82, 2.24) is 10.3 Å². The minimum absolute atomic E-state index is 0.0380. The number of para-hydroxylation sites is 1. The molecule has 1 aromatic heterocycles. The quantitative estimate of drug-likeness (QED) is 0.907. The zero-order chi connectivity index (χ0) is 15.5. The van der Waals surface area contributed by atoms with Crippen LogP contribution in [0.4, 0.5) is 0 Å². The second-order valence-corrected chi connectivity index (χ2v) is 6.29. The molecule has 2 aromatic rings. The first kappa shape index (κ1) is 15.6. The van der Waals surface area contributed by atoms with Gasteiger partial charge in [0, 0.05) is 11.6 Å². The molecule has 0 saturated carbocycles. The summed E-state index contributed by atoms with van der Waals surface area (Å²) in [4.78, 5) is 4.25. The van der Waals surface area contributed by atoms with Crippen molar-refractivity contribution in [2.75, 3.05) is 7.11 Å². The van der Waals surface area contributed by atoms with Crippen LogP contribution in [0, 0.1) is 12.3 Å². The molecule has 114 valence electrons. The summed E-state index contributed by atoms with van der Waals surface area (Å²) in [6.45, 7) is 9.11. The number of benzene rings is 1. The molecule has 0 aliphatic heterocycles. The van der Waals surface area contributed by atoms with E-state index in [0.717, 1.165) is 17.1 Å². The summed E-state index contributed by atoms with van der Waals surface area (Å²) in [6, 6.07) is 8.25. The summed E-state index contributed by atoms with van der Waals surface area (Å²) in [5, 5.41) is 3.54. The average Bonchev–Trinajstić information content (AvgIpc) is 2.84. The molecule has 0 radical (unpaired) electrons. The number of rotatable bonds is 5. The third kappa shape index (κ3) is 3.85. The van der Waals surface area contributed by atoms with Gasteiger partial charge in [-0.3, -0.25) is 0 Å². The van der Waals surface area contributed by atoms with E-state index < -0.39 is 0 Å². The third-order valence-electron chi connectivity index (χ3n) is 3.44. The van der Waals surface area contributed by atoms with Crippen LogP contribution in [-0.2, 0) is 6.54 Å². The fourth-order valence-corrected chi connectivity index (χ4v) is 2.46. The highest BCUT2D eigenvalue weighted by atomic mass is 16.5. The maximum Gasteiger partial charge on any atom is 0.208 e. The Morgan fingerprint density at radius 2 is 2.00 bits per heavy atom. The number of hydrogen-bond acceptors (Lipinski definition) is 4. The van der Waals surface area contributed by atoms with Crippen molar-refractivity contribution in [2.45, 2.75) is 40.3 Å². The van der Waals surface area contributed by atoms with E-state index in [1.807, 2.05) is 25.1 Å². The third-order valence-corrected chi connectivity index (χ3v) is 3.44. The van der Waals surface area contributed by atoms with Crippen molar-refractivity contribution in [3.8, 4) is 5.75 Å².